The number of nitrogens with zero attached hydrogens (tertiary/aromatic N) is 2. The van der Waals surface area contributed by atoms with Gasteiger partial charge in [-0.2, -0.15) is 9.78 Å². The third-order valence-electron chi connectivity index (χ3n) is 6.23. The molecule has 1 amide bonds. The van der Waals surface area contributed by atoms with Crippen LogP contribution < -0.4 is 25.2 Å². The summed E-state index contributed by atoms with van der Waals surface area (Å²) in [6, 6.07) is 12.6. The molecule has 8 nitrogen and oxygen atoms in total. The summed E-state index contributed by atoms with van der Waals surface area (Å²) >= 11 is 0. The second kappa shape index (κ2) is 9.40. The third-order valence-corrected chi connectivity index (χ3v) is 6.23. The Morgan fingerprint density at radius 3 is 2.69 bits per heavy atom. The molecular formula is C24H29N4O4+. The van der Waals surface area contributed by atoms with Crippen LogP contribution in [0.15, 0.2) is 47.3 Å². The first kappa shape index (κ1) is 21.8. The van der Waals surface area contributed by atoms with Gasteiger partial charge in [0.2, 0.25) is 0 Å². The number of hydrogen-bond acceptors (Lipinski definition) is 5. The minimum atomic E-state index is -0.321. The van der Waals surface area contributed by atoms with Crippen LogP contribution in [-0.2, 0) is 0 Å². The summed E-state index contributed by atoms with van der Waals surface area (Å²) in [6.45, 7) is 4.94. The molecule has 0 saturated carbocycles. The monoisotopic (exact) mass is 437 g/mol. The summed E-state index contributed by atoms with van der Waals surface area (Å²) in [7, 11) is 3.07. The van der Waals surface area contributed by atoms with Gasteiger partial charge >= 0.3 is 0 Å². The first-order valence-corrected chi connectivity index (χ1v) is 10.9. The van der Waals surface area contributed by atoms with Crippen molar-refractivity contribution in [3.63, 3.8) is 0 Å². The van der Waals surface area contributed by atoms with Gasteiger partial charge in [-0.15, -0.1) is 0 Å². The van der Waals surface area contributed by atoms with Crippen molar-refractivity contribution in [3.05, 3.63) is 58.5 Å². The summed E-state index contributed by atoms with van der Waals surface area (Å²) < 4.78 is 12.0. The molecule has 1 aromatic heterocycles. The lowest BCUT2D eigenvalue weighted by molar-refractivity contribution is -0.909. The van der Waals surface area contributed by atoms with Crippen LogP contribution in [0.2, 0.25) is 0 Å². The number of benzene rings is 2. The number of hydrogen-bond donors (Lipinski definition) is 2. The molecule has 0 bridgehead atoms. The van der Waals surface area contributed by atoms with Crippen molar-refractivity contribution in [3.8, 4) is 17.2 Å². The number of amides is 1. The minimum absolute atomic E-state index is 0.217. The number of aromatic nitrogens is 2. The Bertz CT molecular complexity index is 1190. The van der Waals surface area contributed by atoms with Gasteiger partial charge in [0.25, 0.3) is 11.5 Å². The highest BCUT2D eigenvalue weighted by atomic mass is 16.5. The molecule has 0 radical (unpaired) electrons. The second-order valence-electron chi connectivity index (χ2n) is 7.96. The lowest BCUT2D eigenvalue weighted by Crippen LogP contribution is -3.14. The maximum Gasteiger partial charge on any atom is 0.279 e. The first-order chi connectivity index (χ1) is 15.6. The molecule has 2 atom stereocenters. The Hall–Kier alpha value is -3.39. The van der Waals surface area contributed by atoms with E-state index in [1.807, 2.05) is 0 Å². The van der Waals surface area contributed by atoms with Crippen molar-refractivity contribution in [1.29, 1.82) is 0 Å². The van der Waals surface area contributed by atoms with Gasteiger partial charge in [0, 0.05) is 24.3 Å². The van der Waals surface area contributed by atoms with E-state index in [1.165, 1.54) is 23.1 Å². The highest BCUT2D eigenvalue weighted by Gasteiger charge is 2.28. The van der Waals surface area contributed by atoms with Crippen molar-refractivity contribution in [2.45, 2.75) is 25.8 Å². The molecule has 2 N–H and O–H groups in total. The van der Waals surface area contributed by atoms with Gasteiger partial charge in [-0.05, 0) is 25.1 Å². The van der Waals surface area contributed by atoms with Crippen molar-refractivity contribution in [2.24, 2.45) is 0 Å². The number of nitrogens with one attached hydrogen (secondary N) is 2. The Morgan fingerprint density at radius 1 is 1.19 bits per heavy atom. The van der Waals surface area contributed by atoms with E-state index >= 15 is 0 Å². The molecule has 1 saturated heterocycles. The van der Waals surface area contributed by atoms with Gasteiger partial charge in [-0.25, -0.2) is 0 Å². The number of fused-ring (bicyclic) bond motifs is 1. The lowest BCUT2D eigenvalue weighted by atomic mass is 10.1. The van der Waals surface area contributed by atoms with Crippen LogP contribution in [0.1, 0.15) is 30.3 Å². The molecule has 2 heterocycles. The van der Waals surface area contributed by atoms with E-state index in [1.54, 1.807) is 49.6 Å². The number of carbonyl (C=O) groups is 1. The number of methoxy groups -OCH3 is 2. The van der Waals surface area contributed by atoms with Gasteiger partial charge < -0.3 is 19.7 Å². The minimum Gasteiger partial charge on any atom is -0.497 e. The Labute approximate surface area is 186 Å². The van der Waals surface area contributed by atoms with E-state index in [0.717, 1.165) is 19.5 Å². The van der Waals surface area contributed by atoms with Crippen LogP contribution in [-0.4, -0.2) is 55.6 Å². The molecule has 8 heteroatoms. The average molecular weight is 438 g/mol. The fraction of sp³-hybridized carbons (Fsp3) is 0.375. The van der Waals surface area contributed by atoms with Crippen LogP contribution >= 0.6 is 0 Å². The van der Waals surface area contributed by atoms with Crippen LogP contribution in [0.5, 0.6) is 11.5 Å². The van der Waals surface area contributed by atoms with Gasteiger partial charge in [-0.3, -0.25) is 9.59 Å². The summed E-state index contributed by atoms with van der Waals surface area (Å²) in [5.41, 5.74) is 0.336. The van der Waals surface area contributed by atoms with Crippen LogP contribution in [0.3, 0.4) is 0 Å². The van der Waals surface area contributed by atoms with Gasteiger partial charge in [0.05, 0.1) is 39.2 Å². The fourth-order valence-corrected chi connectivity index (χ4v) is 4.48. The standard InChI is InChI=1S/C24H28N4O4/c1-4-27-13-7-8-16(27)15-25-23(29)22-18-9-5-6-10-19(18)24(30)28(26-22)20-12-11-17(31-2)14-21(20)32-3/h5-6,9-12,14,16H,4,7-8,13,15H2,1-3H3,(H,25,29)/p+1. The normalized spacial score (nSPS) is 18.0. The zero-order chi connectivity index (χ0) is 22.7. The summed E-state index contributed by atoms with van der Waals surface area (Å²) in [5.74, 6) is 0.732. The molecule has 4 rings (SSSR count). The number of rotatable bonds is 7. The molecule has 3 aromatic rings. The SMILES string of the molecule is CC[NH+]1CCCC1CNC(=O)c1nn(-c2ccc(OC)cc2OC)c(=O)c2ccccc12. The maximum absolute atomic E-state index is 13.3. The predicted octanol–water partition coefficient (Wildman–Crippen LogP) is 1.20. The number of quaternary nitrogens is 1. The third kappa shape index (κ3) is 4.05. The van der Waals surface area contributed by atoms with E-state index < -0.39 is 0 Å². The van der Waals surface area contributed by atoms with E-state index in [4.69, 9.17) is 9.47 Å². The largest absolute Gasteiger partial charge is 0.497 e. The van der Waals surface area contributed by atoms with Crippen LogP contribution in [0.4, 0.5) is 0 Å². The molecule has 2 unspecified atom stereocenters. The topological polar surface area (TPSA) is 86.9 Å². The number of carbonyl (C=O) groups excluding carboxylic acids is 1. The molecule has 1 aliphatic heterocycles. The lowest BCUT2D eigenvalue weighted by Gasteiger charge is -2.20. The highest BCUT2D eigenvalue weighted by molar-refractivity contribution is 6.04. The van der Waals surface area contributed by atoms with Crippen molar-refractivity contribution in [1.82, 2.24) is 15.1 Å². The molecule has 168 valence electrons. The predicted molar refractivity (Wildman–Crippen MR) is 122 cm³/mol. The van der Waals surface area contributed by atoms with E-state index in [0.29, 0.717) is 40.5 Å². The number of likely N-dealkylation sites (N-methyl/N-ethyl adjacent to an activating group) is 1. The highest BCUT2D eigenvalue weighted by Crippen LogP contribution is 2.27. The van der Waals surface area contributed by atoms with E-state index in [2.05, 4.69) is 17.3 Å². The molecular weight excluding hydrogens is 408 g/mol. The molecule has 1 aliphatic rings. The van der Waals surface area contributed by atoms with Crippen molar-refractivity contribution < 1.29 is 19.2 Å². The van der Waals surface area contributed by atoms with Gasteiger partial charge in [0.15, 0.2) is 5.69 Å². The first-order valence-electron chi connectivity index (χ1n) is 10.9. The molecule has 0 aliphatic carbocycles. The summed E-state index contributed by atoms with van der Waals surface area (Å²) in [5, 5.41) is 8.49. The Balaban J connectivity index is 1.76. The quantitative estimate of drug-likeness (QED) is 0.580. The summed E-state index contributed by atoms with van der Waals surface area (Å²) in [6.07, 6.45) is 2.27. The average Bonchev–Trinajstić information content (AvgIpc) is 3.30. The molecule has 32 heavy (non-hydrogen) atoms. The Kier molecular flexibility index (Phi) is 6.41. The fourth-order valence-electron chi connectivity index (χ4n) is 4.48. The zero-order valence-electron chi connectivity index (χ0n) is 18.7. The molecule has 1 fully saturated rings. The van der Waals surface area contributed by atoms with Crippen LogP contribution in [0.25, 0.3) is 16.5 Å². The summed E-state index contributed by atoms with van der Waals surface area (Å²) in [4.78, 5) is 28.0. The van der Waals surface area contributed by atoms with Gasteiger partial charge in [-0.1, -0.05) is 18.2 Å². The van der Waals surface area contributed by atoms with E-state index in [-0.39, 0.29) is 17.2 Å². The second-order valence-corrected chi connectivity index (χ2v) is 7.96. The smallest absolute Gasteiger partial charge is 0.279 e. The zero-order valence-corrected chi connectivity index (χ0v) is 18.7. The van der Waals surface area contributed by atoms with Crippen molar-refractivity contribution in [2.75, 3.05) is 33.9 Å². The van der Waals surface area contributed by atoms with Gasteiger partial charge in [0.1, 0.15) is 23.2 Å². The van der Waals surface area contributed by atoms with Crippen LogP contribution in [0, 0.1) is 0 Å². The Morgan fingerprint density at radius 2 is 1.97 bits per heavy atom. The number of likely N-dealkylation sites (tertiary alicyclic amines) is 1. The van der Waals surface area contributed by atoms with E-state index in [9.17, 15) is 9.59 Å². The molecule has 0 spiro atoms. The molecule has 2 aromatic carbocycles. The number of ether oxygens (including phenoxy) is 2. The maximum atomic E-state index is 13.3. The van der Waals surface area contributed by atoms with Crippen molar-refractivity contribution >= 4 is 16.7 Å².